The van der Waals surface area contributed by atoms with E-state index in [1.807, 2.05) is 26.0 Å². The highest BCUT2D eigenvalue weighted by atomic mass is 16.5. The van der Waals surface area contributed by atoms with E-state index in [0.29, 0.717) is 25.3 Å². The molecule has 1 aromatic rings. The predicted molar refractivity (Wildman–Crippen MR) is 76.7 cm³/mol. The van der Waals surface area contributed by atoms with E-state index < -0.39 is 0 Å². The van der Waals surface area contributed by atoms with Crippen LogP contribution in [0.4, 0.5) is 0 Å². The molecule has 0 aliphatic rings. The smallest absolute Gasteiger partial charge is 0.258 e. The Morgan fingerprint density at radius 2 is 2.25 bits per heavy atom. The minimum absolute atomic E-state index is 0.0453. The Kier molecular flexibility index (Phi) is 6.97. The van der Waals surface area contributed by atoms with Crippen LogP contribution in [-0.4, -0.2) is 43.8 Å². The number of amides is 1. The first-order chi connectivity index (χ1) is 9.56. The van der Waals surface area contributed by atoms with Crippen molar-refractivity contribution < 1.29 is 14.3 Å². The zero-order chi connectivity index (χ0) is 15.0. The Hall–Kier alpha value is -1.66. The molecule has 0 spiro atoms. The van der Waals surface area contributed by atoms with Crippen molar-refractivity contribution in [1.82, 2.24) is 10.3 Å². The molecule has 1 atom stereocenters. The molecule has 1 unspecified atom stereocenters. The Morgan fingerprint density at radius 1 is 1.50 bits per heavy atom. The van der Waals surface area contributed by atoms with Crippen molar-refractivity contribution in [3.8, 4) is 5.75 Å². The van der Waals surface area contributed by atoms with Gasteiger partial charge >= 0.3 is 0 Å². The lowest BCUT2D eigenvalue weighted by atomic mass is 10.2. The number of nitrogens with zero attached hydrogens (tertiary/aromatic N) is 1. The Bertz CT molecular complexity index is 438. The van der Waals surface area contributed by atoms with Crippen molar-refractivity contribution in [1.29, 1.82) is 0 Å². The van der Waals surface area contributed by atoms with Crippen molar-refractivity contribution in [2.45, 2.75) is 26.3 Å². The third-order valence-corrected chi connectivity index (χ3v) is 2.64. The van der Waals surface area contributed by atoms with Crippen LogP contribution in [0.1, 0.15) is 18.3 Å². The van der Waals surface area contributed by atoms with Gasteiger partial charge < -0.3 is 20.5 Å². The molecule has 0 fully saturated rings. The second kappa shape index (κ2) is 8.50. The molecule has 1 rings (SSSR count). The van der Waals surface area contributed by atoms with Crippen LogP contribution in [0.15, 0.2) is 12.1 Å². The van der Waals surface area contributed by atoms with Gasteiger partial charge in [0.2, 0.25) is 0 Å². The number of pyridine rings is 1. The van der Waals surface area contributed by atoms with Gasteiger partial charge in [-0.05, 0) is 32.5 Å². The molecule has 6 heteroatoms. The van der Waals surface area contributed by atoms with Gasteiger partial charge in [0, 0.05) is 25.3 Å². The number of nitrogens with one attached hydrogen (secondary N) is 1. The molecule has 1 heterocycles. The summed E-state index contributed by atoms with van der Waals surface area (Å²) in [7, 11) is 1.59. The Morgan fingerprint density at radius 3 is 2.90 bits per heavy atom. The highest BCUT2D eigenvalue weighted by Crippen LogP contribution is 2.17. The highest BCUT2D eigenvalue weighted by Gasteiger charge is 2.10. The molecule has 0 aliphatic heterocycles. The predicted octanol–water partition coefficient (Wildman–Crippen LogP) is 0.421. The standard InChI is InChI=1S/C14H23N3O3/c1-10-4-5-13(12(16-10)6-7-15)20-9-14(18)17-11(2)8-19-3/h4-5,11H,6-9,15H2,1-3H3,(H,17,18). The van der Waals surface area contributed by atoms with Crippen LogP contribution in [0.25, 0.3) is 0 Å². The number of carbonyl (C=O) groups excluding carboxylic acids is 1. The van der Waals surface area contributed by atoms with Gasteiger partial charge in [-0.25, -0.2) is 0 Å². The number of ether oxygens (including phenoxy) is 2. The van der Waals surface area contributed by atoms with Gasteiger partial charge in [0.05, 0.1) is 12.3 Å². The zero-order valence-corrected chi connectivity index (χ0v) is 12.3. The van der Waals surface area contributed by atoms with Crippen molar-refractivity contribution in [3.05, 3.63) is 23.5 Å². The molecule has 20 heavy (non-hydrogen) atoms. The molecule has 3 N–H and O–H groups in total. The summed E-state index contributed by atoms with van der Waals surface area (Å²) in [6, 6.07) is 3.62. The van der Waals surface area contributed by atoms with E-state index >= 15 is 0 Å². The number of aryl methyl sites for hydroxylation is 1. The average Bonchev–Trinajstić information content (AvgIpc) is 2.38. The number of hydrogen-bond donors (Lipinski definition) is 2. The third-order valence-electron chi connectivity index (χ3n) is 2.64. The molecule has 0 bridgehead atoms. The summed E-state index contributed by atoms with van der Waals surface area (Å²) in [5.74, 6) is 0.421. The van der Waals surface area contributed by atoms with Crippen LogP contribution >= 0.6 is 0 Å². The van der Waals surface area contributed by atoms with Crippen molar-refractivity contribution >= 4 is 5.91 Å². The summed E-state index contributed by atoms with van der Waals surface area (Å²) < 4.78 is 10.5. The minimum atomic E-state index is -0.186. The maximum Gasteiger partial charge on any atom is 0.258 e. The van der Waals surface area contributed by atoms with E-state index in [9.17, 15) is 4.79 Å². The highest BCUT2D eigenvalue weighted by molar-refractivity contribution is 5.77. The fourth-order valence-corrected chi connectivity index (χ4v) is 1.80. The second-order valence-electron chi connectivity index (χ2n) is 4.65. The molecule has 6 nitrogen and oxygen atoms in total. The molecular weight excluding hydrogens is 258 g/mol. The van der Waals surface area contributed by atoms with Gasteiger partial charge in [0.1, 0.15) is 5.75 Å². The monoisotopic (exact) mass is 281 g/mol. The lowest BCUT2D eigenvalue weighted by molar-refractivity contribution is -0.124. The van der Waals surface area contributed by atoms with Crippen LogP contribution in [-0.2, 0) is 16.0 Å². The fourth-order valence-electron chi connectivity index (χ4n) is 1.80. The number of hydrogen-bond acceptors (Lipinski definition) is 5. The number of rotatable bonds is 8. The van der Waals surface area contributed by atoms with E-state index in [2.05, 4.69) is 10.3 Å². The summed E-state index contributed by atoms with van der Waals surface area (Å²) in [5.41, 5.74) is 7.23. The summed E-state index contributed by atoms with van der Waals surface area (Å²) in [6.07, 6.45) is 0.624. The quantitative estimate of drug-likeness (QED) is 0.721. The molecule has 0 saturated heterocycles. The van der Waals surface area contributed by atoms with Gasteiger partial charge in [0.15, 0.2) is 6.61 Å². The van der Waals surface area contributed by atoms with Gasteiger partial charge in [-0.1, -0.05) is 0 Å². The average molecular weight is 281 g/mol. The molecule has 0 aromatic carbocycles. The summed E-state index contributed by atoms with van der Waals surface area (Å²) in [4.78, 5) is 16.1. The lowest BCUT2D eigenvalue weighted by Crippen LogP contribution is -2.38. The number of carbonyl (C=O) groups is 1. The Labute approximate surface area is 119 Å². The molecule has 0 aliphatic carbocycles. The first-order valence-electron chi connectivity index (χ1n) is 6.64. The topological polar surface area (TPSA) is 86.5 Å². The van der Waals surface area contributed by atoms with Crippen LogP contribution in [0, 0.1) is 6.92 Å². The number of methoxy groups -OCH3 is 1. The normalized spacial score (nSPS) is 12.0. The number of aromatic nitrogens is 1. The van der Waals surface area contributed by atoms with Gasteiger partial charge in [-0.3, -0.25) is 9.78 Å². The molecule has 112 valence electrons. The zero-order valence-electron chi connectivity index (χ0n) is 12.3. The van der Waals surface area contributed by atoms with Crippen LogP contribution in [0.5, 0.6) is 5.75 Å². The van der Waals surface area contributed by atoms with Gasteiger partial charge in [-0.15, -0.1) is 0 Å². The second-order valence-corrected chi connectivity index (χ2v) is 4.65. The largest absolute Gasteiger partial charge is 0.482 e. The Balaban J connectivity index is 2.54. The summed E-state index contributed by atoms with van der Waals surface area (Å²) in [6.45, 7) is 4.69. The van der Waals surface area contributed by atoms with Gasteiger partial charge in [0.25, 0.3) is 5.91 Å². The van der Waals surface area contributed by atoms with E-state index in [1.165, 1.54) is 0 Å². The van der Waals surface area contributed by atoms with E-state index in [0.717, 1.165) is 11.4 Å². The van der Waals surface area contributed by atoms with Crippen LogP contribution in [0.2, 0.25) is 0 Å². The van der Waals surface area contributed by atoms with Gasteiger partial charge in [-0.2, -0.15) is 0 Å². The van der Waals surface area contributed by atoms with E-state index in [1.54, 1.807) is 7.11 Å². The maximum absolute atomic E-state index is 11.7. The minimum Gasteiger partial charge on any atom is -0.482 e. The van der Waals surface area contributed by atoms with Crippen molar-refractivity contribution in [3.63, 3.8) is 0 Å². The lowest BCUT2D eigenvalue weighted by Gasteiger charge is -2.14. The molecular formula is C14H23N3O3. The molecule has 1 aromatic heterocycles. The SMILES string of the molecule is COCC(C)NC(=O)COc1ccc(C)nc1CCN. The van der Waals surface area contributed by atoms with Crippen LogP contribution in [0.3, 0.4) is 0 Å². The summed E-state index contributed by atoms with van der Waals surface area (Å²) in [5, 5.41) is 2.78. The molecule has 1 amide bonds. The number of nitrogens with two attached hydrogens (primary N) is 1. The molecule has 0 saturated carbocycles. The van der Waals surface area contributed by atoms with E-state index in [-0.39, 0.29) is 18.6 Å². The first kappa shape index (κ1) is 16.4. The van der Waals surface area contributed by atoms with E-state index in [4.69, 9.17) is 15.2 Å². The van der Waals surface area contributed by atoms with Crippen molar-refractivity contribution in [2.24, 2.45) is 5.73 Å². The first-order valence-corrected chi connectivity index (χ1v) is 6.64. The summed E-state index contributed by atoms with van der Waals surface area (Å²) >= 11 is 0. The van der Waals surface area contributed by atoms with Crippen LogP contribution < -0.4 is 15.8 Å². The molecule has 0 radical (unpaired) electrons. The van der Waals surface area contributed by atoms with Crippen molar-refractivity contribution in [2.75, 3.05) is 26.9 Å². The fraction of sp³-hybridized carbons (Fsp3) is 0.571. The third kappa shape index (κ3) is 5.54. The maximum atomic E-state index is 11.7.